The zero-order chi connectivity index (χ0) is 15.1. The Bertz CT molecular complexity index is 474. The normalized spacial score (nSPS) is 10.4. The molecule has 0 spiro atoms. The third-order valence-corrected chi connectivity index (χ3v) is 3.16. The molecule has 0 bridgehead atoms. The number of nitrogens with two attached hydrogens (primary N) is 1. The van der Waals surface area contributed by atoms with Crippen LogP contribution in [0.15, 0.2) is 23.1 Å². The van der Waals surface area contributed by atoms with Crippen LogP contribution >= 0.6 is 11.8 Å². The van der Waals surface area contributed by atoms with E-state index < -0.39 is 17.8 Å². The molecule has 1 aromatic rings. The van der Waals surface area contributed by atoms with Crippen molar-refractivity contribution < 1.29 is 14.0 Å². The molecule has 0 aromatic heterocycles. The van der Waals surface area contributed by atoms with E-state index in [9.17, 15) is 14.0 Å². The molecule has 0 saturated carbocycles. The Balaban J connectivity index is 2.37. The summed E-state index contributed by atoms with van der Waals surface area (Å²) in [5, 5.41) is 4.77. The highest BCUT2D eigenvalue weighted by Gasteiger charge is 2.09. The highest BCUT2D eigenvalue weighted by Crippen LogP contribution is 2.21. The summed E-state index contributed by atoms with van der Waals surface area (Å²) in [5.41, 5.74) is 5.79. The molecule has 0 saturated heterocycles. The van der Waals surface area contributed by atoms with Gasteiger partial charge in [-0.05, 0) is 24.1 Å². The standard InChI is InChI=1S/C13H18FN3O2S/c1-8(2)6-16-13(19)17-12(18)7-20-11-4-9(14)3-10(15)5-11/h3-5,8H,6-7,15H2,1-2H3,(H2,16,17,18,19). The van der Waals surface area contributed by atoms with Crippen LogP contribution in [0.2, 0.25) is 0 Å². The quantitative estimate of drug-likeness (QED) is 0.573. The molecule has 0 unspecified atom stereocenters. The minimum Gasteiger partial charge on any atom is -0.399 e. The fourth-order valence-corrected chi connectivity index (χ4v) is 2.11. The number of amides is 3. The van der Waals surface area contributed by atoms with E-state index in [-0.39, 0.29) is 5.75 Å². The van der Waals surface area contributed by atoms with Gasteiger partial charge in [-0.1, -0.05) is 13.8 Å². The minimum absolute atomic E-state index is 0.0119. The number of imide groups is 1. The third kappa shape index (κ3) is 6.42. The van der Waals surface area contributed by atoms with E-state index in [0.717, 1.165) is 11.8 Å². The van der Waals surface area contributed by atoms with E-state index in [1.165, 1.54) is 12.1 Å². The van der Waals surface area contributed by atoms with Gasteiger partial charge in [0.2, 0.25) is 5.91 Å². The zero-order valence-electron chi connectivity index (χ0n) is 11.4. The first-order valence-corrected chi connectivity index (χ1v) is 7.12. The van der Waals surface area contributed by atoms with Gasteiger partial charge < -0.3 is 11.1 Å². The van der Waals surface area contributed by atoms with Gasteiger partial charge >= 0.3 is 6.03 Å². The second kappa shape index (κ2) is 7.74. The highest BCUT2D eigenvalue weighted by atomic mass is 32.2. The van der Waals surface area contributed by atoms with Gasteiger partial charge in [0.1, 0.15) is 5.82 Å². The van der Waals surface area contributed by atoms with Crippen molar-refractivity contribution in [3.05, 3.63) is 24.0 Å². The average molecular weight is 299 g/mol. The fraction of sp³-hybridized carbons (Fsp3) is 0.385. The fourth-order valence-electron chi connectivity index (χ4n) is 1.32. The van der Waals surface area contributed by atoms with Crippen LogP contribution in [0.1, 0.15) is 13.8 Å². The molecule has 0 aliphatic heterocycles. The Kier molecular flexibility index (Phi) is 6.30. The summed E-state index contributed by atoms with van der Waals surface area (Å²) in [5.74, 6) is -0.583. The maximum absolute atomic E-state index is 13.1. The second-order valence-electron chi connectivity index (χ2n) is 4.66. The summed E-state index contributed by atoms with van der Waals surface area (Å²) in [6.07, 6.45) is 0. The Labute approximate surface area is 121 Å². The molecule has 5 nitrogen and oxygen atoms in total. The van der Waals surface area contributed by atoms with Crippen LogP contribution in [0.3, 0.4) is 0 Å². The number of hydrogen-bond acceptors (Lipinski definition) is 4. The number of rotatable bonds is 5. The molecule has 7 heteroatoms. The molecule has 0 heterocycles. The number of urea groups is 1. The summed E-state index contributed by atoms with van der Waals surface area (Å²) < 4.78 is 13.1. The van der Waals surface area contributed by atoms with Crippen LogP contribution in [-0.2, 0) is 4.79 Å². The smallest absolute Gasteiger partial charge is 0.321 e. The first-order valence-electron chi connectivity index (χ1n) is 6.13. The van der Waals surface area contributed by atoms with Crippen LogP contribution in [0, 0.1) is 11.7 Å². The molecule has 4 N–H and O–H groups in total. The maximum atomic E-state index is 13.1. The van der Waals surface area contributed by atoms with Gasteiger partial charge in [-0.25, -0.2) is 9.18 Å². The molecule has 1 rings (SSSR count). The molecule has 0 fully saturated rings. The number of halogens is 1. The third-order valence-electron chi connectivity index (χ3n) is 2.19. The van der Waals surface area contributed by atoms with Crippen molar-refractivity contribution in [1.82, 2.24) is 10.6 Å². The number of hydrogen-bond donors (Lipinski definition) is 3. The van der Waals surface area contributed by atoms with Gasteiger partial charge in [0.05, 0.1) is 5.75 Å². The summed E-state index contributed by atoms with van der Waals surface area (Å²) >= 11 is 1.11. The van der Waals surface area contributed by atoms with Crippen molar-refractivity contribution in [3.8, 4) is 0 Å². The van der Waals surface area contributed by atoms with Gasteiger partial charge in [0, 0.05) is 17.1 Å². The minimum atomic E-state index is -0.525. The Morgan fingerprint density at radius 3 is 2.65 bits per heavy atom. The topological polar surface area (TPSA) is 84.2 Å². The van der Waals surface area contributed by atoms with Crippen LogP contribution in [-0.4, -0.2) is 24.2 Å². The van der Waals surface area contributed by atoms with Crippen molar-refractivity contribution in [3.63, 3.8) is 0 Å². The SMILES string of the molecule is CC(C)CNC(=O)NC(=O)CSc1cc(N)cc(F)c1. The molecule has 0 radical (unpaired) electrons. The van der Waals surface area contributed by atoms with E-state index in [1.807, 2.05) is 13.8 Å². The molecule has 0 aliphatic carbocycles. The van der Waals surface area contributed by atoms with E-state index in [1.54, 1.807) is 6.07 Å². The molecule has 110 valence electrons. The number of benzene rings is 1. The lowest BCUT2D eigenvalue weighted by atomic mass is 10.2. The number of nitrogens with one attached hydrogen (secondary N) is 2. The molecule has 0 aliphatic rings. The van der Waals surface area contributed by atoms with Crippen molar-refractivity contribution in [2.45, 2.75) is 18.7 Å². The molecule has 20 heavy (non-hydrogen) atoms. The molecular weight excluding hydrogens is 281 g/mol. The lowest BCUT2D eigenvalue weighted by Crippen LogP contribution is -2.41. The Morgan fingerprint density at radius 2 is 2.05 bits per heavy atom. The number of anilines is 1. The molecule has 1 aromatic carbocycles. The van der Waals surface area contributed by atoms with Crippen molar-refractivity contribution in [2.75, 3.05) is 18.0 Å². The lowest BCUT2D eigenvalue weighted by Gasteiger charge is -2.08. The van der Waals surface area contributed by atoms with E-state index in [0.29, 0.717) is 23.0 Å². The van der Waals surface area contributed by atoms with E-state index in [4.69, 9.17) is 5.73 Å². The van der Waals surface area contributed by atoms with E-state index >= 15 is 0 Å². The molecule has 3 amide bonds. The van der Waals surface area contributed by atoms with E-state index in [2.05, 4.69) is 10.6 Å². The number of carbonyl (C=O) groups excluding carboxylic acids is 2. The average Bonchev–Trinajstić information content (AvgIpc) is 2.33. The van der Waals surface area contributed by atoms with Gasteiger partial charge in [0.25, 0.3) is 0 Å². The first-order chi connectivity index (χ1) is 9.36. The predicted octanol–water partition coefficient (Wildman–Crippen LogP) is 1.98. The van der Waals surface area contributed by atoms with Crippen LogP contribution in [0.4, 0.5) is 14.9 Å². The van der Waals surface area contributed by atoms with Crippen molar-refractivity contribution in [2.24, 2.45) is 5.92 Å². The zero-order valence-corrected chi connectivity index (χ0v) is 12.2. The predicted molar refractivity (Wildman–Crippen MR) is 77.9 cm³/mol. The summed E-state index contributed by atoms with van der Waals surface area (Å²) in [4.78, 5) is 23.4. The summed E-state index contributed by atoms with van der Waals surface area (Å²) in [6.45, 7) is 4.39. The lowest BCUT2D eigenvalue weighted by molar-refractivity contribution is -0.117. The first kappa shape index (κ1) is 16.3. The molecule has 0 atom stereocenters. The van der Waals surface area contributed by atoms with Crippen LogP contribution < -0.4 is 16.4 Å². The van der Waals surface area contributed by atoms with Gasteiger partial charge in [-0.3, -0.25) is 10.1 Å². The monoisotopic (exact) mass is 299 g/mol. The number of thioether (sulfide) groups is 1. The van der Waals surface area contributed by atoms with Crippen LogP contribution in [0.25, 0.3) is 0 Å². The van der Waals surface area contributed by atoms with Gasteiger partial charge in [0.15, 0.2) is 0 Å². The summed E-state index contributed by atoms with van der Waals surface area (Å²) in [6, 6.07) is 3.53. The molecular formula is C13H18FN3O2S. The summed E-state index contributed by atoms with van der Waals surface area (Å²) in [7, 11) is 0. The van der Waals surface area contributed by atoms with Gasteiger partial charge in [-0.15, -0.1) is 11.8 Å². The highest BCUT2D eigenvalue weighted by molar-refractivity contribution is 8.00. The number of carbonyl (C=O) groups is 2. The number of nitrogen functional groups attached to an aromatic ring is 1. The largest absolute Gasteiger partial charge is 0.399 e. The Morgan fingerprint density at radius 1 is 1.35 bits per heavy atom. The maximum Gasteiger partial charge on any atom is 0.321 e. The second-order valence-corrected chi connectivity index (χ2v) is 5.71. The van der Waals surface area contributed by atoms with Crippen molar-refractivity contribution in [1.29, 1.82) is 0 Å². The van der Waals surface area contributed by atoms with Crippen LogP contribution in [0.5, 0.6) is 0 Å². The van der Waals surface area contributed by atoms with Crippen molar-refractivity contribution >= 4 is 29.4 Å². The Hall–Kier alpha value is -1.76. The van der Waals surface area contributed by atoms with Gasteiger partial charge in [-0.2, -0.15) is 0 Å².